The van der Waals surface area contributed by atoms with Gasteiger partial charge in [-0.05, 0) is 42.9 Å². The fourth-order valence-corrected chi connectivity index (χ4v) is 2.63. The summed E-state index contributed by atoms with van der Waals surface area (Å²) in [6, 6.07) is 3.61. The van der Waals surface area contributed by atoms with Gasteiger partial charge >= 0.3 is 0 Å². The molecule has 2 atom stereocenters. The summed E-state index contributed by atoms with van der Waals surface area (Å²) in [5, 5.41) is 0. The van der Waals surface area contributed by atoms with Gasteiger partial charge in [0.05, 0.1) is 0 Å². The maximum Gasteiger partial charge on any atom is 0.126 e. The van der Waals surface area contributed by atoms with Crippen molar-refractivity contribution in [3.8, 4) is 0 Å². The molecule has 0 amide bonds. The van der Waals surface area contributed by atoms with E-state index >= 15 is 0 Å². The highest BCUT2D eigenvalue weighted by atomic mass is 19.1. The summed E-state index contributed by atoms with van der Waals surface area (Å²) in [4.78, 5) is 0. The normalized spacial score (nSPS) is 29.6. The average Bonchev–Trinajstić information content (AvgIpc) is 2.60. The van der Waals surface area contributed by atoms with Gasteiger partial charge in [-0.2, -0.15) is 0 Å². The Bertz CT molecular complexity index is 371. The SMILES string of the molecule is CCC1CCC(N)(c2cc(F)cc(F)c2)C1. The third kappa shape index (κ3) is 2.09. The van der Waals surface area contributed by atoms with Crippen molar-refractivity contribution in [1.82, 2.24) is 0 Å². The molecule has 0 aliphatic heterocycles. The van der Waals surface area contributed by atoms with Gasteiger partial charge in [-0.3, -0.25) is 0 Å². The van der Waals surface area contributed by atoms with Gasteiger partial charge in [0, 0.05) is 11.6 Å². The van der Waals surface area contributed by atoms with Gasteiger partial charge in [0.2, 0.25) is 0 Å². The molecule has 88 valence electrons. The summed E-state index contributed by atoms with van der Waals surface area (Å²) >= 11 is 0. The number of halogens is 2. The largest absolute Gasteiger partial charge is 0.321 e. The molecule has 2 rings (SSSR count). The first-order chi connectivity index (χ1) is 7.53. The molecule has 2 unspecified atom stereocenters. The monoisotopic (exact) mass is 225 g/mol. The van der Waals surface area contributed by atoms with E-state index in [0.29, 0.717) is 11.5 Å². The van der Waals surface area contributed by atoms with Crippen LogP contribution in [0.2, 0.25) is 0 Å². The van der Waals surface area contributed by atoms with Gasteiger partial charge in [0.1, 0.15) is 11.6 Å². The molecule has 0 radical (unpaired) electrons. The van der Waals surface area contributed by atoms with Crippen LogP contribution in [0.1, 0.15) is 38.2 Å². The van der Waals surface area contributed by atoms with E-state index in [9.17, 15) is 8.78 Å². The maximum absolute atomic E-state index is 13.1. The van der Waals surface area contributed by atoms with Gasteiger partial charge < -0.3 is 5.73 Å². The third-order valence-corrected chi connectivity index (χ3v) is 3.67. The van der Waals surface area contributed by atoms with Crippen LogP contribution < -0.4 is 5.73 Å². The molecule has 0 aromatic heterocycles. The van der Waals surface area contributed by atoms with Gasteiger partial charge in [0.25, 0.3) is 0 Å². The summed E-state index contributed by atoms with van der Waals surface area (Å²) in [5.41, 5.74) is 6.31. The van der Waals surface area contributed by atoms with Crippen LogP contribution in [0.4, 0.5) is 8.78 Å². The molecule has 1 saturated carbocycles. The Morgan fingerprint density at radius 3 is 2.44 bits per heavy atom. The highest BCUT2D eigenvalue weighted by Crippen LogP contribution is 2.41. The average molecular weight is 225 g/mol. The second-order valence-electron chi connectivity index (χ2n) is 4.83. The molecular formula is C13H17F2N. The van der Waals surface area contributed by atoms with Crippen molar-refractivity contribution in [2.24, 2.45) is 11.7 Å². The lowest BCUT2D eigenvalue weighted by molar-refractivity contribution is 0.419. The first kappa shape index (κ1) is 11.5. The number of rotatable bonds is 2. The topological polar surface area (TPSA) is 26.0 Å². The quantitative estimate of drug-likeness (QED) is 0.820. The molecule has 3 heteroatoms. The Kier molecular flexibility index (Phi) is 2.98. The molecule has 2 N–H and O–H groups in total. The summed E-state index contributed by atoms with van der Waals surface area (Å²) in [5.74, 6) is -0.504. The Morgan fingerprint density at radius 2 is 1.94 bits per heavy atom. The minimum atomic E-state index is -0.542. The van der Waals surface area contributed by atoms with E-state index in [1.165, 1.54) is 12.1 Å². The van der Waals surface area contributed by atoms with Crippen LogP contribution in [0.25, 0.3) is 0 Å². The zero-order chi connectivity index (χ0) is 11.8. The van der Waals surface area contributed by atoms with E-state index in [1.807, 2.05) is 0 Å². The number of hydrogen-bond donors (Lipinski definition) is 1. The first-order valence-corrected chi connectivity index (χ1v) is 5.79. The lowest BCUT2D eigenvalue weighted by Gasteiger charge is -2.25. The molecule has 0 saturated heterocycles. The first-order valence-electron chi connectivity index (χ1n) is 5.79. The van der Waals surface area contributed by atoms with E-state index in [0.717, 1.165) is 31.7 Å². The Morgan fingerprint density at radius 1 is 1.31 bits per heavy atom. The number of nitrogens with two attached hydrogens (primary N) is 1. The van der Waals surface area contributed by atoms with Crippen LogP contribution in [0.15, 0.2) is 18.2 Å². The van der Waals surface area contributed by atoms with Gasteiger partial charge in [0.15, 0.2) is 0 Å². The van der Waals surface area contributed by atoms with Crippen LogP contribution >= 0.6 is 0 Å². The lowest BCUT2D eigenvalue weighted by Crippen LogP contribution is -2.33. The summed E-state index contributed by atoms with van der Waals surface area (Å²) < 4.78 is 26.3. The van der Waals surface area contributed by atoms with Gasteiger partial charge in [-0.15, -0.1) is 0 Å². The Balaban J connectivity index is 2.29. The minimum absolute atomic E-state index is 0.538. The van der Waals surface area contributed by atoms with Crippen molar-refractivity contribution in [1.29, 1.82) is 0 Å². The highest BCUT2D eigenvalue weighted by molar-refractivity contribution is 5.27. The molecule has 0 bridgehead atoms. The molecule has 0 spiro atoms. The van der Waals surface area contributed by atoms with Crippen molar-refractivity contribution >= 4 is 0 Å². The van der Waals surface area contributed by atoms with E-state index < -0.39 is 17.2 Å². The van der Waals surface area contributed by atoms with Crippen molar-refractivity contribution in [2.45, 2.75) is 38.1 Å². The van der Waals surface area contributed by atoms with Crippen molar-refractivity contribution in [3.05, 3.63) is 35.4 Å². The molecule has 1 nitrogen and oxygen atoms in total. The predicted octanol–water partition coefficient (Wildman–Crippen LogP) is 3.33. The van der Waals surface area contributed by atoms with E-state index in [4.69, 9.17) is 5.73 Å². The second-order valence-corrected chi connectivity index (χ2v) is 4.83. The summed E-state index contributed by atoms with van der Waals surface area (Å²) in [6.45, 7) is 2.13. The maximum atomic E-state index is 13.1. The zero-order valence-corrected chi connectivity index (χ0v) is 9.47. The van der Waals surface area contributed by atoms with E-state index in [2.05, 4.69) is 6.92 Å². The lowest BCUT2D eigenvalue weighted by atomic mass is 9.88. The molecular weight excluding hydrogens is 208 g/mol. The van der Waals surface area contributed by atoms with Crippen molar-refractivity contribution in [3.63, 3.8) is 0 Å². The molecule has 16 heavy (non-hydrogen) atoms. The summed E-state index contributed by atoms with van der Waals surface area (Å²) in [7, 11) is 0. The number of benzene rings is 1. The standard InChI is InChI=1S/C13H17F2N/c1-2-9-3-4-13(16,8-9)10-5-11(14)7-12(15)6-10/h5-7,9H,2-4,8,16H2,1H3. The Labute approximate surface area is 94.7 Å². The molecule has 1 aromatic rings. The van der Waals surface area contributed by atoms with Crippen LogP contribution in [-0.4, -0.2) is 0 Å². The van der Waals surface area contributed by atoms with Crippen molar-refractivity contribution in [2.75, 3.05) is 0 Å². The van der Waals surface area contributed by atoms with Gasteiger partial charge in [-0.1, -0.05) is 13.3 Å². The minimum Gasteiger partial charge on any atom is -0.321 e. The van der Waals surface area contributed by atoms with Crippen LogP contribution in [0, 0.1) is 17.6 Å². The fourth-order valence-electron chi connectivity index (χ4n) is 2.63. The predicted molar refractivity (Wildman–Crippen MR) is 59.9 cm³/mol. The fraction of sp³-hybridized carbons (Fsp3) is 0.538. The number of hydrogen-bond acceptors (Lipinski definition) is 1. The molecule has 1 fully saturated rings. The second kappa shape index (κ2) is 4.13. The molecule has 1 aliphatic rings. The van der Waals surface area contributed by atoms with E-state index in [1.54, 1.807) is 0 Å². The molecule has 1 aromatic carbocycles. The van der Waals surface area contributed by atoms with Gasteiger partial charge in [-0.25, -0.2) is 8.78 Å². The van der Waals surface area contributed by atoms with Crippen LogP contribution in [0.3, 0.4) is 0 Å². The molecule has 1 aliphatic carbocycles. The third-order valence-electron chi connectivity index (χ3n) is 3.67. The van der Waals surface area contributed by atoms with Crippen molar-refractivity contribution < 1.29 is 8.78 Å². The Hall–Kier alpha value is -0.960. The summed E-state index contributed by atoms with van der Waals surface area (Å²) in [6.07, 6.45) is 3.77. The molecule has 0 heterocycles. The van der Waals surface area contributed by atoms with Crippen LogP contribution in [-0.2, 0) is 5.54 Å². The highest BCUT2D eigenvalue weighted by Gasteiger charge is 2.36. The van der Waals surface area contributed by atoms with Crippen LogP contribution in [0.5, 0.6) is 0 Å². The smallest absolute Gasteiger partial charge is 0.126 e. The zero-order valence-electron chi connectivity index (χ0n) is 9.47. The van der Waals surface area contributed by atoms with E-state index in [-0.39, 0.29) is 0 Å².